The maximum Gasteiger partial charge on any atom is 0.227 e. The van der Waals surface area contributed by atoms with Crippen molar-refractivity contribution in [3.8, 4) is 0 Å². The van der Waals surface area contributed by atoms with Crippen molar-refractivity contribution in [2.45, 2.75) is 78.7 Å². The first-order chi connectivity index (χ1) is 36.3. The van der Waals surface area contributed by atoms with Crippen LogP contribution in [-0.4, -0.2) is 28.2 Å². The Balaban J connectivity index is 0.978. The van der Waals surface area contributed by atoms with Gasteiger partial charge in [-0.3, -0.25) is 20.3 Å². The second-order valence-corrected chi connectivity index (χ2v) is 21.4. The number of hydrogen-bond acceptors (Lipinski definition) is 3. The topological polar surface area (TPSA) is 106 Å². The lowest BCUT2D eigenvalue weighted by molar-refractivity contribution is 0.633. The van der Waals surface area contributed by atoms with Crippen molar-refractivity contribution >= 4 is 100 Å². The number of allylic oxidation sites excluding steroid dienone is 7. The third kappa shape index (κ3) is 8.05. The zero-order valence-electron chi connectivity index (χ0n) is 43.8. The largest absolute Gasteiger partial charge is 0.328 e. The molecule has 2 heterocycles. The Morgan fingerprint density at radius 1 is 0.773 bits per heavy atom. The highest BCUT2D eigenvalue weighted by Gasteiger charge is 2.42. The highest BCUT2D eigenvalue weighted by molar-refractivity contribution is 6.18. The molecule has 1 aliphatic heterocycles. The molecule has 0 saturated heterocycles. The molecule has 3 aliphatic rings. The molecule has 7 nitrogen and oxygen atoms in total. The maximum absolute atomic E-state index is 10.1. The van der Waals surface area contributed by atoms with E-state index >= 15 is 0 Å². The first-order valence-corrected chi connectivity index (χ1v) is 26.5. The van der Waals surface area contributed by atoms with Gasteiger partial charge in [0.1, 0.15) is 0 Å². The summed E-state index contributed by atoms with van der Waals surface area (Å²) in [7, 11) is 0. The fraction of sp³-hybridized carbons (Fsp3) is 0.191. The lowest BCUT2D eigenvalue weighted by Gasteiger charge is -2.41. The molecule has 75 heavy (non-hydrogen) atoms. The Hall–Kier alpha value is -8.39. The van der Waals surface area contributed by atoms with Crippen LogP contribution in [0.1, 0.15) is 94.3 Å². The number of benzene rings is 8. The fourth-order valence-corrected chi connectivity index (χ4v) is 12.4. The molecule has 0 fully saturated rings. The van der Waals surface area contributed by atoms with Gasteiger partial charge >= 0.3 is 0 Å². The van der Waals surface area contributed by atoms with Crippen LogP contribution in [0.15, 0.2) is 192 Å². The van der Waals surface area contributed by atoms with Crippen LogP contribution in [0.3, 0.4) is 0 Å². The highest BCUT2D eigenvalue weighted by Crippen LogP contribution is 2.55. The van der Waals surface area contributed by atoms with Gasteiger partial charge in [0.2, 0.25) is 11.9 Å². The van der Waals surface area contributed by atoms with E-state index in [0.29, 0.717) is 18.0 Å². The fourth-order valence-electron chi connectivity index (χ4n) is 12.4. The lowest BCUT2D eigenvalue weighted by Crippen LogP contribution is -2.36. The quantitative estimate of drug-likeness (QED) is 0.0501. The number of aromatic nitrogens is 1. The van der Waals surface area contributed by atoms with Crippen molar-refractivity contribution in [3.63, 3.8) is 0 Å². The number of nitrogens with one attached hydrogen (secondary N) is 3. The van der Waals surface area contributed by atoms with Crippen LogP contribution in [0.2, 0.25) is 0 Å². The number of rotatable bonds is 9. The Morgan fingerprint density at radius 3 is 2.11 bits per heavy atom. The minimum absolute atomic E-state index is 0.0143. The summed E-state index contributed by atoms with van der Waals surface area (Å²) < 4.78 is 2.13. The Morgan fingerprint density at radius 2 is 1.40 bits per heavy atom. The molecule has 0 radical (unpaired) electrons. The highest BCUT2D eigenvalue weighted by atomic mass is 15.3. The molecule has 0 saturated carbocycles. The van der Waals surface area contributed by atoms with Gasteiger partial charge in [-0.1, -0.05) is 154 Å². The zero-order valence-corrected chi connectivity index (χ0v) is 43.8. The van der Waals surface area contributed by atoms with E-state index in [1.165, 1.54) is 54.2 Å². The molecule has 0 spiro atoms. The van der Waals surface area contributed by atoms with Crippen molar-refractivity contribution < 1.29 is 0 Å². The van der Waals surface area contributed by atoms with E-state index in [9.17, 15) is 10.8 Å². The predicted octanol–water partition coefficient (Wildman–Crippen LogP) is 16.5. The molecule has 2 unspecified atom stereocenters. The average molecular weight is 978 g/mol. The summed E-state index contributed by atoms with van der Waals surface area (Å²) in [5.74, 6) is 0.818. The summed E-state index contributed by atoms with van der Waals surface area (Å²) in [5.41, 5.74) is 21.5. The van der Waals surface area contributed by atoms with Gasteiger partial charge in [0.05, 0.1) is 16.9 Å². The Bertz CT molecular complexity index is 4090. The standard InChI is InChI=1S/C68H63N7/c1-8-19-44(34-48-35-45-20-9-11-22-50(45)53-25-14-13-24-52(48)53)42(4)72-66(70)74-61-29-18-17-28-59(61)68(6,7)60-38-58-63(39-64(60)74)75(62-33-31-47-37-57(47)65(58)62)67(71)73-43(5)49(32-30-40(2)69)41(3)56-36-46-21-10-12-23-51(46)54-26-15-16-27-55(54)56/h8-29,34-40,47,70H,5,30-33,69H2,1-4,6-7H3,(H2,71,73)/b19-8?,44-34?,49-41+,70-66?,72-42?. The zero-order chi connectivity index (χ0) is 51.9. The first kappa shape index (κ1) is 47.6. The number of hydrogen-bond donors (Lipinski definition) is 4. The van der Waals surface area contributed by atoms with Gasteiger partial charge < -0.3 is 11.1 Å². The van der Waals surface area contributed by atoms with Gasteiger partial charge in [0.25, 0.3) is 0 Å². The van der Waals surface area contributed by atoms with Crippen LogP contribution in [0.4, 0.5) is 11.4 Å². The third-order valence-electron chi connectivity index (χ3n) is 16.3. The molecular weight excluding hydrogens is 915 g/mol. The van der Waals surface area contributed by atoms with Crippen molar-refractivity contribution in [3.05, 3.63) is 221 Å². The number of nitrogens with two attached hydrogens (primary N) is 1. The van der Waals surface area contributed by atoms with E-state index in [2.05, 4.69) is 201 Å². The van der Waals surface area contributed by atoms with Gasteiger partial charge in [0.15, 0.2) is 0 Å². The van der Waals surface area contributed by atoms with Crippen LogP contribution in [-0.2, 0) is 11.8 Å². The van der Waals surface area contributed by atoms with Crippen LogP contribution < -0.4 is 16.0 Å². The number of nitrogens with zero attached hydrogens (tertiary/aromatic N) is 3. The number of para-hydroxylation sites is 1. The van der Waals surface area contributed by atoms with Crippen LogP contribution in [0.25, 0.3) is 71.2 Å². The summed E-state index contributed by atoms with van der Waals surface area (Å²) in [6.07, 6.45) is 12.1. The van der Waals surface area contributed by atoms with Gasteiger partial charge in [-0.05, 0) is 177 Å². The summed E-state index contributed by atoms with van der Waals surface area (Å²) in [4.78, 5) is 7.22. The summed E-state index contributed by atoms with van der Waals surface area (Å²) in [6, 6.07) is 51.9. The monoisotopic (exact) mass is 978 g/mol. The molecule has 7 heteroatoms. The average Bonchev–Trinajstić information content (AvgIpc) is 4.13. The molecular formula is C68H63N7. The van der Waals surface area contributed by atoms with Crippen molar-refractivity contribution in [2.24, 2.45) is 16.6 Å². The molecule has 8 aromatic carbocycles. The number of fused-ring (bicyclic) bond motifs is 13. The Kier molecular flexibility index (Phi) is 11.8. The second kappa shape index (κ2) is 18.5. The summed E-state index contributed by atoms with van der Waals surface area (Å²) in [5, 5.41) is 34.5. The van der Waals surface area contributed by atoms with Crippen LogP contribution in [0, 0.1) is 16.7 Å². The summed E-state index contributed by atoms with van der Waals surface area (Å²) in [6.45, 7) is 17.6. The predicted molar refractivity (Wildman–Crippen MR) is 320 cm³/mol. The van der Waals surface area contributed by atoms with E-state index in [4.69, 9.17) is 17.3 Å². The van der Waals surface area contributed by atoms with E-state index < -0.39 is 5.41 Å². The maximum atomic E-state index is 10.1. The Labute approximate surface area is 439 Å². The van der Waals surface area contributed by atoms with E-state index in [1.54, 1.807) is 0 Å². The van der Waals surface area contributed by atoms with E-state index in [-0.39, 0.29) is 18.0 Å². The molecule has 370 valence electrons. The minimum atomic E-state index is -0.409. The van der Waals surface area contributed by atoms with Crippen molar-refractivity contribution in [2.75, 3.05) is 4.90 Å². The van der Waals surface area contributed by atoms with E-state index in [1.807, 2.05) is 24.8 Å². The SMILES string of the molecule is C=C(NC(=N)n1c2c(c3cc4c(cc31)N(C(=N)N=C(C)C(C=CC)=Cc1cc3ccccc3c3ccccc13)c1ccccc1C4(C)C)C1=CC1CC2)/C(CCC(C)N)=C(\C)c1cc2ccccc2c2ccccc12. The third-order valence-corrected chi connectivity index (χ3v) is 16.3. The molecule has 2 aliphatic carbocycles. The van der Waals surface area contributed by atoms with Gasteiger partial charge in [0, 0.05) is 45.4 Å². The van der Waals surface area contributed by atoms with Crippen molar-refractivity contribution in [1.82, 2.24) is 9.88 Å². The molecule has 1 aromatic heterocycles. The van der Waals surface area contributed by atoms with E-state index in [0.717, 1.165) is 91.9 Å². The van der Waals surface area contributed by atoms with Crippen LogP contribution in [0.5, 0.6) is 0 Å². The molecule has 9 aromatic rings. The number of guanidine groups is 1. The molecule has 0 bridgehead atoms. The van der Waals surface area contributed by atoms with Gasteiger partial charge in [-0.15, -0.1) is 0 Å². The number of aliphatic imine (C=N–C) groups is 1. The minimum Gasteiger partial charge on any atom is -0.328 e. The molecule has 0 amide bonds. The second-order valence-electron chi connectivity index (χ2n) is 21.4. The van der Waals surface area contributed by atoms with Gasteiger partial charge in [-0.2, -0.15) is 0 Å². The normalized spacial score (nSPS) is 16.7. The van der Waals surface area contributed by atoms with Crippen LogP contribution >= 0.6 is 0 Å². The smallest absolute Gasteiger partial charge is 0.227 e. The molecule has 5 N–H and O–H groups in total. The number of anilines is 2. The van der Waals surface area contributed by atoms with Crippen molar-refractivity contribution in [1.29, 1.82) is 10.8 Å². The molecule has 12 rings (SSSR count). The first-order valence-electron chi connectivity index (χ1n) is 26.5. The molecule has 2 atom stereocenters. The summed E-state index contributed by atoms with van der Waals surface area (Å²) >= 11 is 0. The lowest BCUT2D eigenvalue weighted by atomic mass is 9.73. The van der Waals surface area contributed by atoms with Gasteiger partial charge in [-0.25, -0.2) is 4.99 Å².